The van der Waals surface area contributed by atoms with Crippen molar-refractivity contribution in [3.63, 3.8) is 0 Å². The van der Waals surface area contributed by atoms with Crippen molar-refractivity contribution in [1.29, 1.82) is 0 Å². The van der Waals surface area contributed by atoms with E-state index in [0.717, 1.165) is 60.7 Å². The van der Waals surface area contributed by atoms with Crippen LogP contribution in [0.2, 0.25) is 0 Å². The molecular formula is C23H21FN6O. The van der Waals surface area contributed by atoms with E-state index in [9.17, 15) is 4.39 Å². The van der Waals surface area contributed by atoms with Gasteiger partial charge in [-0.2, -0.15) is 4.98 Å². The van der Waals surface area contributed by atoms with Crippen LogP contribution in [0.3, 0.4) is 0 Å². The summed E-state index contributed by atoms with van der Waals surface area (Å²) < 4.78 is 18.4. The van der Waals surface area contributed by atoms with Gasteiger partial charge in [-0.15, -0.1) is 0 Å². The Bertz CT molecular complexity index is 1180. The smallest absolute Gasteiger partial charge is 0.227 e. The Morgan fingerprint density at radius 3 is 2.55 bits per heavy atom. The van der Waals surface area contributed by atoms with Crippen LogP contribution in [-0.2, 0) is 19.3 Å². The van der Waals surface area contributed by atoms with Gasteiger partial charge in [-0.05, 0) is 62.1 Å². The second-order valence-electron chi connectivity index (χ2n) is 7.46. The first kappa shape index (κ1) is 19.3. The number of benzene rings is 1. The zero-order valence-electron chi connectivity index (χ0n) is 16.9. The molecule has 1 aliphatic rings. The SMILES string of the molecule is Fc1ccc(-c2noc(CCCNc3nc(-c4ccncc4)nc4c3CCC4)n2)cc1. The van der Waals surface area contributed by atoms with Gasteiger partial charge in [0.25, 0.3) is 0 Å². The molecule has 3 heterocycles. The Labute approximate surface area is 178 Å². The van der Waals surface area contributed by atoms with Crippen molar-refractivity contribution in [3.05, 3.63) is 71.8 Å². The summed E-state index contributed by atoms with van der Waals surface area (Å²) in [5, 5.41) is 7.46. The summed E-state index contributed by atoms with van der Waals surface area (Å²) >= 11 is 0. The molecule has 1 aromatic carbocycles. The lowest BCUT2D eigenvalue weighted by Gasteiger charge is -2.12. The van der Waals surface area contributed by atoms with E-state index in [1.165, 1.54) is 17.7 Å². The zero-order chi connectivity index (χ0) is 21.0. The van der Waals surface area contributed by atoms with Crippen LogP contribution in [0.15, 0.2) is 53.3 Å². The van der Waals surface area contributed by atoms with Crippen molar-refractivity contribution in [3.8, 4) is 22.8 Å². The van der Waals surface area contributed by atoms with E-state index >= 15 is 0 Å². The fourth-order valence-electron chi connectivity index (χ4n) is 3.73. The Hall–Kier alpha value is -3.68. The molecule has 0 radical (unpaired) electrons. The fourth-order valence-corrected chi connectivity index (χ4v) is 3.73. The molecule has 1 aliphatic carbocycles. The number of nitrogens with one attached hydrogen (secondary N) is 1. The number of halogens is 1. The number of fused-ring (bicyclic) bond motifs is 1. The average Bonchev–Trinajstić information content (AvgIpc) is 3.47. The Balaban J connectivity index is 1.23. The molecular weight excluding hydrogens is 395 g/mol. The Morgan fingerprint density at radius 2 is 1.71 bits per heavy atom. The number of hydrogen-bond donors (Lipinski definition) is 1. The third-order valence-corrected chi connectivity index (χ3v) is 5.30. The predicted molar refractivity (Wildman–Crippen MR) is 114 cm³/mol. The molecule has 0 spiro atoms. The summed E-state index contributed by atoms with van der Waals surface area (Å²) in [4.78, 5) is 18.0. The minimum absolute atomic E-state index is 0.290. The number of pyridine rings is 1. The second kappa shape index (κ2) is 8.59. The molecule has 0 saturated carbocycles. The lowest BCUT2D eigenvalue weighted by atomic mass is 10.2. The van der Waals surface area contributed by atoms with Crippen LogP contribution >= 0.6 is 0 Å². The molecule has 156 valence electrons. The maximum Gasteiger partial charge on any atom is 0.227 e. The van der Waals surface area contributed by atoms with Crippen molar-refractivity contribution >= 4 is 5.82 Å². The quantitative estimate of drug-likeness (QED) is 0.450. The van der Waals surface area contributed by atoms with Crippen LogP contribution in [0.4, 0.5) is 10.2 Å². The molecule has 0 bridgehead atoms. The van der Waals surface area contributed by atoms with E-state index in [1.807, 2.05) is 12.1 Å². The first-order valence-corrected chi connectivity index (χ1v) is 10.4. The van der Waals surface area contributed by atoms with E-state index in [0.29, 0.717) is 18.1 Å². The van der Waals surface area contributed by atoms with Crippen LogP contribution in [0, 0.1) is 5.82 Å². The van der Waals surface area contributed by atoms with Gasteiger partial charge in [0.1, 0.15) is 11.6 Å². The van der Waals surface area contributed by atoms with E-state index in [4.69, 9.17) is 14.5 Å². The molecule has 8 heteroatoms. The van der Waals surface area contributed by atoms with Crippen molar-refractivity contribution in [2.24, 2.45) is 0 Å². The summed E-state index contributed by atoms with van der Waals surface area (Å²) in [6, 6.07) is 9.90. The average molecular weight is 416 g/mol. The summed E-state index contributed by atoms with van der Waals surface area (Å²) in [5.41, 5.74) is 4.04. The number of anilines is 1. The van der Waals surface area contributed by atoms with Gasteiger partial charge in [-0.1, -0.05) is 5.16 Å². The van der Waals surface area contributed by atoms with Crippen molar-refractivity contribution in [2.45, 2.75) is 32.1 Å². The minimum Gasteiger partial charge on any atom is -0.370 e. The maximum atomic E-state index is 13.1. The fraction of sp³-hybridized carbons (Fsp3) is 0.261. The summed E-state index contributed by atoms with van der Waals surface area (Å²) in [6.45, 7) is 0.730. The number of aromatic nitrogens is 5. The van der Waals surface area contributed by atoms with Crippen LogP contribution < -0.4 is 5.32 Å². The molecule has 0 aliphatic heterocycles. The number of nitrogens with zero attached hydrogens (tertiary/aromatic N) is 5. The standard InChI is InChI=1S/C23H21FN6O/c24-17-8-6-15(7-9-17)22-28-20(31-30-22)5-2-12-26-23-18-3-1-4-19(18)27-21(29-23)16-10-13-25-14-11-16/h6-11,13-14H,1-5,12H2,(H,26,27,29). The molecule has 1 N–H and O–H groups in total. The zero-order valence-corrected chi connectivity index (χ0v) is 16.9. The topological polar surface area (TPSA) is 89.6 Å². The van der Waals surface area contributed by atoms with Crippen LogP contribution in [0.5, 0.6) is 0 Å². The molecule has 3 aromatic heterocycles. The largest absolute Gasteiger partial charge is 0.370 e. The van der Waals surface area contributed by atoms with Gasteiger partial charge in [-0.25, -0.2) is 14.4 Å². The van der Waals surface area contributed by atoms with E-state index in [1.54, 1.807) is 24.5 Å². The summed E-state index contributed by atoms with van der Waals surface area (Å²) in [5.74, 6) is 2.38. The number of rotatable bonds is 7. The van der Waals surface area contributed by atoms with E-state index in [2.05, 4.69) is 20.4 Å². The Kier molecular flexibility index (Phi) is 5.35. The highest BCUT2D eigenvalue weighted by Crippen LogP contribution is 2.29. The third-order valence-electron chi connectivity index (χ3n) is 5.30. The predicted octanol–water partition coefficient (Wildman–Crippen LogP) is 4.26. The molecule has 0 amide bonds. The van der Waals surface area contributed by atoms with Crippen LogP contribution in [-0.4, -0.2) is 31.6 Å². The van der Waals surface area contributed by atoms with Gasteiger partial charge in [0.2, 0.25) is 11.7 Å². The highest BCUT2D eigenvalue weighted by atomic mass is 19.1. The third kappa shape index (κ3) is 4.28. The summed E-state index contributed by atoms with van der Waals surface area (Å²) in [6.07, 6.45) is 8.05. The first-order chi connectivity index (χ1) is 15.3. The number of hydrogen-bond acceptors (Lipinski definition) is 7. The van der Waals surface area contributed by atoms with E-state index < -0.39 is 0 Å². The molecule has 7 nitrogen and oxygen atoms in total. The van der Waals surface area contributed by atoms with Gasteiger partial charge in [-0.3, -0.25) is 4.98 Å². The van der Waals surface area contributed by atoms with Crippen LogP contribution in [0.25, 0.3) is 22.8 Å². The highest BCUT2D eigenvalue weighted by molar-refractivity contribution is 5.60. The van der Waals surface area contributed by atoms with Gasteiger partial charge >= 0.3 is 0 Å². The maximum absolute atomic E-state index is 13.1. The molecule has 31 heavy (non-hydrogen) atoms. The molecule has 4 aromatic rings. The molecule has 0 unspecified atom stereocenters. The molecule has 0 saturated heterocycles. The van der Waals surface area contributed by atoms with E-state index in [-0.39, 0.29) is 5.82 Å². The lowest BCUT2D eigenvalue weighted by molar-refractivity contribution is 0.377. The molecule has 5 rings (SSSR count). The first-order valence-electron chi connectivity index (χ1n) is 10.4. The van der Waals surface area contributed by atoms with Crippen molar-refractivity contribution < 1.29 is 8.91 Å². The number of aryl methyl sites for hydroxylation is 2. The molecule has 0 fully saturated rings. The van der Waals surface area contributed by atoms with Crippen molar-refractivity contribution in [1.82, 2.24) is 25.1 Å². The highest BCUT2D eigenvalue weighted by Gasteiger charge is 2.20. The lowest BCUT2D eigenvalue weighted by Crippen LogP contribution is -2.09. The Morgan fingerprint density at radius 1 is 0.903 bits per heavy atom. The van der Waals surface area contributed by atoms with Gasteiger partial charge in [0, 0.05) is 47.7 Å². The monoisotopic (exact) mass is 416 g/mol. The van der Waals surface area contributed by atoms with Gasteiger partial charge < -0.3 is 9.84 Å². The van der Waals surface area contributed by atoms with Crippen LogP contribution in [0.1, 0.15) is 30.0 Å². The van der Waals surface area contributed by atoms with Crippen molar-refractivity contribution in [2.75, 3.05) is 11.9 Å². The normalized spacial score (nSPS) is 12.7. The minimum atomic E-state index is -0.290. The second-order valence-corrected chi connectivity index (χ2v) is 7.46. The molecule has 0 atom stereocenters. The summed E-state index contributed by atoms with van der Waals surface area (Å²) in [7, 11) is 0. The van der Waals surface area contributed by atoms with Gasteiger partial charge in [0.05, 0.1) is 0 Å². The van der Waals surface area contributed by atoms with Gasteiger partial charge in [0.15, 0.2) is 5.82 Å².